The first kappa shape index (κ1) is 29.2. The summed E-state index contributed by atoms with van der Waals surface area (Å²) in [6.45, 7) is -0.734. The fraction of sp³-hybridized carbons (Fsp3) is 0.133. The highest BCUT2D eigenvalue weighted by Crippen LogP contribution is 2.32. The molecule has 0 heterocycles. The lowest BCUT2D eigenvalue weighted by molar-refractivity contribution is -0.386. The van der Waals surface area contributed by atoms with Crippen LogP contribution < -0.4 is 9.47 Å². The van der Waals surface area contributed by atoms with Gasteiger partial charge in [0.1, 0.15) is 26.4 Å². The molecule has 0 spiro atoms. The molecule has 0 atom stereocenters. The quantitative estimate of drug-likeness (QED) is 0.0845. The first-order valence-electron chi connectivity index (χ1n) is 12.6. The zero-order chi connectivity index (χ0) is 29.9. The minimum absolute atomic E-state index is 0.0118. The van der Waals surface area contributed by atoms with Gasteiger partial charge in [0.2, 0.25) is 0 Å². The van der Waals surface area contributed by atoms with Gasteiger partial charge in [-0.25, -0.2) is 9.59 Å². The fourth-order valence-corrected chi connectivity index (χ4v) is 3.80. The van der Waals surface area contributed by atoms with Crippen molar-refractivity contribution >= 4 is 23.3 Å². The maximum Gasteiger partial charge on any atom is 0.339 e. The van der Waals surface area contributed by atoms with E-state index in [0.29, 0.717) is 11.1 Å². The van der Waals surface area contributed by atoms with Gasteiger partial charge in [0.15, 0.2) is 11.5 Å². The number of benzene rings is 4. The largest absolute Gasteiger partial charge is 0.483 e. The Balaban J connectivity index is 1.57. The predicted molar refractivity (Wildman–Crippen MR) is 148 cm³/mol. The number of para-hydroxylation sites is 2. The van der Waals surface area contributed by atoms with Crippen LogP contribution in [-0.2, 0) is 22.7 Å². The number of esters is 2. The minimum atomic E-state index is -0.972. The molecule has 0 amide bonds. The van der Waals surface area contributed by atoms with Crippen LogP contribution in [0.15, 0.2) is 97.1 Å². The Morgan fingerprint density at radius 2 is 1.02 bits per heavy atom. The first-order chi connectivity index (χ1) is 20.3. The molecule has 12 heteroatoms. The van der Waals surface area contributed by atoms with Gasteiger partial charge >= 0.3 is 23.3 Å². The number of ether oxygens (including phenoxy) is 4. The van der Waals surface area contributed by atoms with Crippen LogP contribution in [0.2, 0.25) is 0 Å². The van der Waals surface area contributed by atoms with Crippen molar-refractivity contribution in [3.8, 4) is 11.5 Å². The molecule has 0 saturated heterocycles. The Labute approximate surface area is 239 Å². The Morgan fingerprint density at radius 1 is 0.571 bits per heavy atom. The van der Waals surface area contributed by atoms with Crippen molar-refractivity contribution in [1.29, 1.82) is 0 Å². The zero-order valence-electron chi connectivity index (χ0n) is 22.0. The van der Waals surface area contributed by atoms with E-state index in [1.54, 1.807) is 66.7 Å². The maximum absolute atomic E-state index is 13.1. The summed E-state index contributed by atoms with van der Waals surface area (Å²) in [4.78, 5) is 47.9. The summed E-state index contributed by atoms with van der Waals surface area (Å²) in [5, 5.41) is 23.1. The minimum Gasteiger partial charge on any atom is -0.483 e. The summed E-state index contributed by atoms with van der Waals surface area (Å²) < 4.78 is 21.7. The van der Waals surface area contributed by atoms with E-state index in [-0.39, 0.29) is 54.7 Å². The maximum atomic E-state index is 13.1. The highest BCUT2D eigenvalue weighted by atomic mass is 16.6. The molecule has 0 unspecified atom stereocenters. The molecule has 0 bridgehead atoms. The lowest BCUT2D eigenvalue weighted by Gasteiger charge is -2.14. The van der Waals surface area contributed by atoms with E-state index in [4.69, 9.17) is 18.9 Å². The average molecular weight is 573 g/mol. The Morgan fingerprint density at radius 3 is 1.55 bits per heavy atom. The normalized spacial score (nSPS) is 10.4. The highest BCUT2D eigenvalue weighted by Gasteiger charge is 2.28. The van der Waals surface area contributed by atoms with E-state index >= 15 is 0 Å². The molecule has 0 fully saturated rings. The fourth-order valence-electron chi connectivity index (χ4n) is 3.80. The summed E-state index contributed by atoms with van der Waals surface area (Å²) in [5.74, 6) is -2.25. The van der Waals surface area contributed by atoms with E-state index in [9.17, 15) is 29.8 Å². The first-order valence-corrected chi connectivity index (χ1v) is 12.6. The lowest BCUT2D eigenvalue weighted by atomic mass is 10.1. The number of hydrogen-bond donors (Lipinski definition) is 0. The summed E-state index contributed by atoms with van der Waals surface area (Å²) in [6.07, 6.45) is 0. The lowest BCUT2D eigenvalue weighted by Crippen LogP contribution is -2.16. The van der Waals surface area contributed by atoms with E-state index in [1.807, 2.05) is 0 Å². The van der Waals surface area contributed by atoms with Crippen molar-refractivity contribution in [2.75, 3.05) is 13.2 Å². The monoisotopic (exact) mass is 572 g/mol. The zero-order valence-corrected chi connectivity index (χ0v) is 22.0. The van der Waals surface area contributed by atoms with Crippen LogP contribution >= 0.6 is 0 Å². The Hall–Kier alpha value is -5.78. The smallest absolute Gasteiger partial charge is 0.339 e. The van der Waals surface area contributed by atoms with Crippen molar-refractivity contribution < 1.29 is 38.4 Å². The molecule has 12 nitrogen and oxygen atoms in total. The van der Waals surface area contributed by atoms with Crippen LogP contribution in [0.3, 0.4) is 0 Å². The van der Waals surface area contributed by atoms with Gasteiger partial charge in [-0.15, -0.1) is 0 Å². The molecule has 0 saturated carbocycles. The molecule has 4 aromatic carbocycles. The van der Waals surface area contributed by atoms with Gasteiger partial charge in [-0.1, -0.05) is 72.8 Å². The van der Waals surface area contributed by atoms with Gasteiger partial charge in [-0.05, 0) is 17.2 Å². The van der Waals surface area contributed by atoms with Crippen molar-refractivity contribution in [3.63, 3.8) is 0 Å². The number of rotatable bonds is 13. The number of nitro groups is 2. The molecule has 42 heavy (non-hydrogen) atoms. The van der Waals surface area contributed by atoms with E-state index in [2.05, 4.69) is 0 Å². The standard InChI is InChI=1S/C30H24N2O10/c33-29(41-19-21-9-3-1-4-10-21)23-17-26(32(37)38)28(18-24(23)30(34)42-20-22-11-5-2-6-12-22)40-16-15-39-27-14-8-7-13-25(27)31(35)36/h1-14,17-18H,15-16,19-20H2. The van der Waals surface area contributed by atoms with E-state index < -0.39 is 27.5 Å². The third-order valence-corrected chi connectivity index (χ3v) is 5.82. The van der Waals surface area contributed by atoms with E-state index in [1.165, 1.54) is 18.2 Å². The molecule has 4 aromatic rings. The van der Waals surface area contributed by atoms with Crippen molar-refractivity contribution in [3.05, 3.63) is 140 Å². The molecular weight excluding hydrogens is 548 g/mol. The second kappa shape index (κ2) is 14.0. The summed E-state index contributed by atoms with van der Waals surface area (Å²) in [6, 6.07) is 25.2. The van der Waals surface area contributed by atoms with E-state index in [0.717, 1.165) is 12.1 Å². The number of nitrogens with zero attached hydrogens (tertiary/aromatic N) is 2. The van der Waals surface area contributed by atoms with Crippen molar-refractivity contribution in [2.45, 2.75) is 13.2 Å². The van der Waals surface area contributed by atoms with Gasteiger partial charge < -0.3 is 18.9 Å². The summed E-state index contributed by atoms with van der Waals surface area (Å²) >= 11 is 0. The molecule has 0 aromatic heterocycles. The summed E-state index contributed by atoms with van der Waals surface area (Å²) in [5.41, 5.74) is -0.183. The molecule has 0 aliphatic heterocycles. The molecule has 0 N–H and O–H groups in total. The predicted octanol–water partition coefficient (Wildman–Crippen LogP) is 5.67. The number of nitro benzene ring substituents is 2. The number of carbonyl (C=O) groups excluding carboxylic acids is 2. The van der Waals surface area contributed by atoms with Gasteiger partial charge in [0, 0.05) is 18.2 Å². The highest BCUT2D eigenvalue weighted by molar-refractivity contribution is 6.04. The second-order valence-electron chi connectivity index (χ2n) is 8.67. The third-order valence-electron chi connectivity index (χ3n) is 5.82. The van der Waals surface area contributed by atoms with Crippen LogP contribution in [0.25, 0.3) is 0 Å². The number of hydrogen-bond acceptors (Lipinski definition) is 10. The van der Waals surface area contributed by atoms with Crippen molar-refractivity contribution in [1.82, 2.24) is 0 Å². The molecule has 0 aliphatic rings. The van der Waals surface area contributed by atoms with Crippen LogP contribution in [-0.4, -0.2) is 35.0 Å². The summed E-state index contributed by atoms with van der Waals surface area (Å²) in [7, 11) is 0. The third kappa shape index (κ3) is 7.66. The Kier molecular flexibility index (Phi) is 9.76. The number of carbonyl (C=O) groups is 2. The Bertz CT molecular complexity index is 1580. The van der Waals surface area contributed by atoms with Crippen LogP contribution in [0.4, 0.5) is 11.4 Å². The molecular formula is C30H24N2O10. The molecule has 0 aliphatic carbocycles. The average Bonchev–Trinajstić information content (AvgIpc) is 3.01. The molecule has 0 radical (unpaired) electrons. The van der Waals surface area contributed by atoms with Gasteiger partial charge in [0.25, 0.3) is 0 Å². The molecule has 4 rings (SSSR count). The second-order valence-corrected chi connectivity index (χ2v) is 8.67. The van der Waals surface area contributed by atoms with Crippen LogP contribution in [0.5, 0.6) is 11.5 Å². The van der Waals surface area contributed by atoms with Crippen molar-refractivity contribution in [2.24, 2.45) is 0 Å². The topological polar surface area (TPSA) is 157 Å². The van der Waals surface area contributed by atoms with Gasteiger partial charge in [-0.2, -0.15) is 0 Å². The van der Waals surface area contributed by atoms with Crippen LogP contribution in [0, 0.1) is 20.2 Å². The van der Waals surface area contributed by atoms with Gasteiger partial charge in [-0.3, -0.25) is 20.2 Å². The van der Waals surface area contributed by atoms with Gasteiger partial charge in [0.05, 0.1) is 21.0 Å². The van der Waals surface area contributed by atoms with Crippen LogP contribution in [0.1, 0.15) is 31.8 Å². The molecule has 214 valence electrons. The SMILES string of the molecule is O=C(OCc1ccccc1)c1cc(OCCOc2ccccc2[N+](=O)[O-])c([N+](=O)[O-])cc1C(=O)OCc1ccccc1.